The Hall–Kier alpha value is -1.42. The molecule has 0 spiro atoms. The van der Waals surface area contributed by atoms with Gasteiger partial charge in [-0.2, -0.15) is 0 Å². The number of amidine groups is 1. The number of nitrogen functional groups attached to an aromatic ring is 1. The Balaban J connectivity index is 2.17. The van der Waals surface area contributed by atoms with E-state index in [1.165, 1.54) is 0 Å². The number of ether oxygens (including phenoxy) is 1. The van der Waals surface area contributed by atoms with Gasteiger partial charge in [-0.15, -0.1) is 0 Å². The van der Waals surface area contributed by atoms with Crippen molar-refractivity contribution >= 4 is 40.6 Å². The fourth-order valence-electron chi connectivity index (χ4n) is 1.60. The average Bonchev–Trinajstić information content (AvgIpc) is 2.39. The SMILES string of the molecule is N=C(N)c1ccc(COc2c(Cl)cccc2Cl)c(Cl)c1. The normalized spacial score (nSPS) is 10.3. The van der Waals surface area contributed by atoms with Crippen LogP contribution in [0.3, 0.4) is 0 Å². The molecule has 0 aliphatic heterocycles. The molecule has 0 heterocycles. The molecule has 0 aliphatic rings. The van der Waals surface area contributed by atoms with Gasteiger partial charge in [0, 0.05) is 16.1 Å². The van der Waals surface area contributed by atoms with Crippen LogP contribution in [0.5, 0.6) is 5.75 Å². The van der Waals surface area contributed by atoms with E-state index < -0.39 is 0 Å². The maximum Gasteiger partial charge on any atom is 0.156 e. The van der Waals surface area contributed by atoms with Crippen LogP contribution >= 0.6 is 34.8 Å². The fraction of sp³-hybridized carbons (Fsp3) is 0.0714. The molecule has 104 valence electrons. The summed E-state index contributed by atoms with van der Waals surface area (Å²) in [5.41, 5.74) is 6.72. The van der Waals surface area contributed by atoms with Gasteiger partial charge in [0.05, 0.1) is 10.0 Å². The number of para-hydroxylation sites is 1. The molecule has 0 saturated heterocycles. The van der Waals surface area contributed by atoms with Crippen molar-refractivity contribution in [1.29, 1.82) is 5.41 Å². The first kappa shape index (κ1) is 15.0. The minimum atomic E-state index is -0.0338. The van der Waals surface area contributed by atoms with Gasteiger partial charge in [-0.3, -0.25) is 5.41 Å². The molecule has 2 aromatic carbocycles. The van der Waals surface area contributed by atoms with E-state index in [1.54, 1.807) is 36.4 Å². The van der Waals surface area contributed by atoms with Crippen LogP contribution in [0.15, 0.2) is 36.4 Å². The van der Waals surface area contributed by atoms with E-state index in [9.17, 15) is 0 Å². The summed E-state index contributed by atoms with van der Waals surface area (Å²) in [5, 5.41) is 8.70. The third kappa shape index (κ3) is 3.37. The summed E-state index contributed by atoms with van der Waals surface area (Å²) in [6.45, 7) is 0.223. The Kier molecular flexibility index (Phi) is 4.76. The maximum atomic E-state index is 7.35. The lowest BCUT2D eigenvalue weighted by molar-refractivity contribution is 0.306. The summed E-state index contributed by atoms with van der Waals surface area (Å²) < 4.78 is 5.60. The summed E-state index contributed by atoms with van der Waals surface area (Å²) in [5.74, 6) is 0.385. The smallest absolute Gasteiger partial charge is 0.156 e. The Labute approximate surface area is 131 Å². The Morgan fingerprint density at radius 3 is 2.25 bits per heavy atom. The van der Waals surface area contributed by atoms with Crippen molar-refractivity contribution in [3.63, 3.8) is 0 Å². The second-order valence-corrected chi connectivity index (χ2v) is 5.28. The van der Waals surface area contributed by atoms with Crippen LogP contribution in [0.2, 0.25) is 15.1 Å². The minimum Gasteiger partial charge on any atom is -0.486 e. The van der Waals surface area contributed by atoms with E-state index >= 15 is 0 Å². The van der Waals surface area contributed by atoms with E-state index in [1.807, 2.05) is 0 Å². The van der Waals surface area contributed by atoms with E-state index in [-0.39, 0.29) is 12.4 Å². The number of rotatable bonds is 4. The van der Waals surface area contributed by atoms with Crippen molar-refractivity contribution < 1.29 is 4.74 Å². The molecule has 0 fully saturated rings. The Bertz CT molecular complexity index is 639. The van der Waals surface area contributed by atoms with Gasteiger partial charge in [0.15, 0.2) is 5.75 Å². The summed E-state index contributed by atoms with van der Waals surface area (Å²) in [6, 6.07) is 10.2. The summed E-state index contributed by atoms with van der Waals surface area (Å²) in [4.78, 5) is 0. The van der Waals surface area contributed by atoms with Gasteiger partial charge in [-0.25, -0.2) is 0 Å². The zero-order valence-corrected chi connectivity index (χ0v) is 12.6. The van der Waals surface area contributed by atoms with Crippen LogP contribution in [0.4, 0.5) is 0 Å². The molecule has 0 bridgehead atoms. The zero-order valence-electron chi connectivity index (χ0n) is 10.3. The second-order valence-electron chi connectivity index (χ2n) is 4.06. The monoisotopic (exact) mass is 328 g/mol. The first-order valence-electron chi connectivity index (χ1n) is 5.68. The molecular weight excluding hydrogens is 319 g/mol. The van der Waals surface area contributed by atoms with Gasteiger partial charge in [-0.1, -0.05) is 53.0 Å². The van der Waals surface area contributed by atoms with Gasteiger partial charge in [0.1, 0.15) is 12.4 Å². The lowest BCUT2D eigenvalue weighted by Crippen LogP contribution is -2.11. The molecule has 3 nitrogen and oxygen atoms in total. The Morgan fingerprint density at radius 2 is 1.70 bits per heavy atom. The predicted molar refractivity (Wildman–Crippen MR) is 83.3 cm³/mol. The number of hydrogen-bond donors (Lipinski definition) is 2. The lowest BCUT2D eigenvalue weighted by Gasteiger charge is -2.11. The number of hydrogen-bond acceptors (Lipinski definition) is 2. The molecule has 0 radical (unpaired) electrons. The van der Waals surface area contributed by atoms with Crippen LogP contribution < -0.4 is 10.5 Å². The predicted octanol–water partition coefficient (Wildman–Crippen LogP) is 4.51. The standard InChI is InChI=1S/C14H11Cl3N2O/c15-10-2-1-3-11(16)13(10)20-7-9-5-4-8(14(18)19)6-12(9)17/h1-6H,7H2,(H3,18,19). The molecule has 6 heteroatoms. The molecule has 0 aliphatic carbocycles. The molecule has 0 aromatic heterocycles. The maximum absolute atomic E-state index is 7.35. The van der Waals surface area contributed by atoms with Crippen molar-refractivity contribution in [3.8, 4) is 5.75 Å². The number of nitrogens with one attached hydrogen (secondary N) is 1. The van der Waals surface area contributed by atoms with Crippen LogP contribution in [-0.4, -0.2) is 5.84 Å². The molecule has 0 amide bonds. The number of halogens is 3. The van der Waals surface area contributed by atoms with E-state index in [0.717, 1.165) is 5.56 Å². The van der Waals surface area contributed by atoms with Crippen molar-refractivity contribution in [2.75, 3.05) is 0 Å². The molecule has 2 rings (SSSR count). The van der Waals surface area contributed by atoms with Crippen molar-refractivity contribution in [2.24, 2.45) is 5.73 Å². The third-order valence-corrected chi connectivity index (χ3v) is 3.60. The minimum absolute atomic E-state index is 0.0338. The van der Waals surface area contributed by atoms with Gasteiger partial charge in [0.25, 0.3) is 0 Å². The number of benzene rings is 2. The highest BCUT2D eigenvalue weighted by Gasteiger charge is 2.09. The molecule has 0 unspecified atom stereocenters. The highest BCUT2D eigenvalue weighted by molar-refractivity contribution is 6.37. The highest BCUT2D eigenvalue weighted by Crippen LogP contribution is 2.33. The van der Waals surface area contributed by atoms with Gasteiger partial charge < -0.3 is 10.5 Å². The molecule has 3 N–H and O–H groups in total. The second kappa shape index (κ2) is 6.35. The summed E-state index contributed by atoms with van der Waals surface area (Å²) in [6.07, 6.45) is 0. The van der Waals surface area contributed by atoms with Crippen LogP contribution in [0.1, 0.15) is 11.1 Å². The quantitative estimate of drug-likeness (QED) is 0.640. The zero-order chi connectivity index (χ0) is 14.7. The first-order chi connectivity index (χ1) is 9.49. The van der Waals surface area contributed by atoms with E-state index in [4.69, 9.17) is 50.7 Å². The third-order valence-electron chi connectivity index (χ3n) is 2.66. The lowest BCUT2D eigenvalue weighted by atomic mass is 10.1. The average molecular weight is 330 g/mol. The van der Waals surface area contributed by atoms with E-state index in [2.05, 4.69) is 0 Å². The van der Waals surface area contributed by atoms with Gasteiger partial charge in [0.2, 0.25) is 0 Å². The van der Waals surface area contributed by atoms with E-state index in [0.29, 0.717) is 26.4 Å². The molecule has 20 heavy (non-hydrogen) atoms. The van der Waals surface area contributed by atoms with Crippen molar-refractivity contribution in [3.05, 3.63) is 62.6 Å². The summed E-state index contributed by atoms with van der Waals surface area (Å²) >= 11 is 18.2. The molecular formula is C14H11Cl3N2O. The highest BCUT2D eigenvalue weighted by atomic mass is 35.5. The Morgan fingerprint density at radius 1 is 1.05 bits per heavy atom. The van der Waals surface area contributed by atoms with Crippen LogP contribution in [0, 0.1) is 5.41 Å². The summed E-state index contributed by atoms with van der Waals surface area (Å²) in [7, 11) is 0. The van der Waals surface area contributed by atoms with Gasteiger partial charge >= 0.3 is 0 Å². The van der Waals surface area contributed by atoms with Crippen molar-refractivity contribution in [2.45, 2.75) is 6.61 Å². The van der Waals surface area contributed by atoms with Crippen LogP contribution in [0.25, 0.3) is 0 Å². The number of nitrogens with two attached hydrogens (primary N) is 1. The molecule has 0 saturated carbocycles. The van der Waals surface area contributed by atoms with Gasteiger partial charge in [-0.05, 0) is 18.2 Å². The fourth-order valence-corrected chi connectivity index (χ4v) is 2.34. The van der Waals surface area contributed by atoms with Crippen LogP contribution in [-0.2, 0) is 6.61 Å². The largest absolute Gasteiger partial charge is 0.486 e. The molecule has 2 aromatic rings. The first-order valence-corrected chi connectivity index (χ1v) is 6.82. The van der Waals surface area contributed by atoms with Crippen molar-refractivity contribution in [1.82, 2.24) is 0 Å². The topological polar surface area (TPSA) is 59.1 Å². The molecule has 0 atom stereocenters.